The summed E-state index contributed by atoms with van der Waals surface area (Å²) in [6.07, 6.45) is 0. The van der Waals surface area contributed by atoms with Crippen molar-refractivity contribution in [3.05, 3.63) is 30.1 Å². The molecule has 1 aromatic rings. The third-order valence-corrected chi connectivity index (χ3v) is 3.33. The van der Waals surface area contributed by atoms with Crippen molar-refractivity contribution in [2.45, 2.75) is 13.0 Å². The lowest BCUT2D eigenvalue weighted by Gasteiger charge is -2.14. The minimum absolute atomic E-state index is 0.00185. The van der Waals surface area contributed by atoms with Crippen molar-refractivity contribution in [1.29, 1.82) is 0 Å². The Bertz CT molecular complexity index is 533. The van der Waals surface area contributed by atoms with Gasteiger partial charge in [0.15, 0.2) is 0 Å². The lowest BCUT2D eigenvalue weighted by Crippen LogP contribution is -2.45. The van der Waals surface area contributed by atoms with Crippen molar-refractivity contribution < 1.29 is 17.6 Å². The number of hydrogen-bond acceptors (Lipinski definition) is 3. The molecule has 0 aliphatic heterocycles. The molecule has 0 saturated carbocycles. The molecule has 0 fully saturated rings. The Morgan fingerprint density at radius 2 is 1.94 bits per heavy atom. The number of amides is 1. The summed E-state index contributed by atoms with van der Waals surface area (Å²) in [4.78, 5) is 11.6. The Balaban J connectivity index is 2.69. The molecule has 1 rings (SSSR count). The molecular weight excluding hydrogens is 261 g/mol. The molecule has 1 aromatic carbocycles. The molecule has 6 nitrogen and oxygen atoms in total. The Kier molecular flexibility index (Phi) is 4.76. The topological polar surface area (TPSA) is 87.3 Å². The van der Waals surface area contributed by atoms with Gasteiger partial charge in [-0.1, -0.05) is 12.1 Å². The Morgan fingerprint density at radius 1 is 1.33 bits per heavy atom. The lowest BCUT2D eigenvalue weighted by molar-refractivity contribution is -0.117. The van der Waals surface area contributed by atoms with Gasteiger partial charge in [-0.05, 0) is 19.1 Å². The number of hydrogen-bond donors (Lipinski definition) is 3. The van der Waals surface area contributed by atoms with E-state index in [1.165, 1.54) is 32.2 Å². The molecule has 0 aromatic heterocycles. The number of rotatable bonds is 5. The van der Waals surface area contributed by atoms with Crippen LogP contribution in [0.25, 0.3) is 0 Å². The number of carbonyl (C=O) groups excluding carboxylic acids is 1. The molecule has 3 N–H and O–H groups in total. The van der Waals surface area contributed by atoms with Gasteiger partial charge in [-0.15, -0.1) is 0 Å². The van der Waals surface area contributed by atoms with E-state index in [1.54, 1.807) is 6.07 Å². The van der Waals surface area contributed by atoms with Crippen molar-refractivity contribution in [3.8, 4) is 0 Å². The van der Waals surface area contributed by atoms with Crippen molar-refractivity contribution >= 4 is 21.8 Å². The molecule has 0 aliphatic carbocycles. The van der Waals surface area contributed by atoms with Gasteiger partial charge in [-0.3, -0.25) is 4.79 Å². The predicted octanol–water partition coefficient (Wildman–Crippen LogP) is 0.206. The van der Waals surface area contributed by atoms with E-state index in [9.17, 15) is 17.6 Å². The normalized spacial score (nSPS) is 13.1. The lowest BCUT2D eigenvalue weighted by atomic mass is 10.2. The maximum atomic E-state index is 13.3. The second-order valence-corrected chi connectivity index (χ2v) is 5.17. The number of benzene rings is 1. The monoisotopic (exact) mass is 275 g/mol. The molecule has 0 aliphatic rings. The van der Waals surface area contributed by atoms with Gasteiger partial charge >= 0.3 is 0 Å². The standard InChI is InChI=1S/C10H14FN3O3S/c1-7(14-18(16,17)12-2)10(15)13-9-6-4-3-5-8(9)11/h3-7,12,14H,1-2H3,(H,13,15). The average Bonchev–Trinajstić information content (AvgIpc) is 2.31. The number of para-hydroxylation sites is 1. The molecule has 0 saturated heterocycles. The molecule has 0 radical (unpaired) electrons. The number of anilines is 1. The van der Waals surface area contributed by atoms with Crippen molar-refractivity contribution in [3.63, 3.8) is 0 Å². The van der Waals surface area contributed by atoms with Gasteiger partial charge in [0.25, 0.3) is 10.2 Å². The highest BCUT2D eigenvalue weighted by Gasteiger charge is 2.19. The second kappa shape index (κ2) is 5.89. The summed E-state index contributed by atoms with van der Waals surface area (Å²) in [5.41, 5.74) is -0.00185. The zero-order valence-corrected chi connectivity index (χ0v) is 10.7. The van der Waals surface area contributed by atoms with E-state index >= 15 is 0 Å². The van der Waals surface area contributed by atoms with Crippen LogP contribution in [0.5, 0.6) is 0 Å². The molecule has 0 bridgehead atoms. The Hall–Kier alpha value is -1.51. The number of nitrogens with one attached hydrogen (secondary N) is 3. The van der Waals surface area contributed by atoms with E-state index in [1.807, 2.05) is 4.72 Å². The summed E-state index contributed by atoms with van der Waals surface area (Å²) < 4.78 is 39.6. The third-order valence-electron chi connectivity index (χ3n) is 2.13. The smallest absolute Gasteiger partial charge is 0.277 e. The maximum Gasteiger partial charge on any atom is 0.277 e. The fourth-order valence-electron chi connectivity index (χ4n) is 1.15. The van der Waals surface area contributed by atoms with Crippen LogP contribution in [0.2, 0.25) is 0 Å². The van der Waals surface area contributed by atoms with Gasteiger partial charge in [-0.25, -0.2) is 9.11 Å². The summed E-state index contributed by atoms with van der Waals surface area (Å²) in [5.74, 6) is -1.24. The average molecular weight is 275 g/mol. The van der Waals surface area contributed by atoms with Crippen LogP contribution in [0, 0.1) is 5.82 Å². The number of carbonyl (C=O) groups is 1. The Labute approximate surface area is 105 Å². The van der Waals surface area contributed by atoms with Crippen LogP contribution in [0.15, 0.2) is 24.3 Å². The van der Waals surface area contributed by atoms with Gasteiger partial charge in [0.2, 0.25) is 5.91 Å². The van der Waals surface area contributed by atoms with Crippen molar-refractivity contribution in [1.82, 2.24) is 9.44 Å². The first-order valence-electron chi connectivity index (χ1n) is 5.12. The minimum atomic E-state index is -3.72. The van der Waals surface area contributed by atoms with Crippen LogP contribution in [0.3, 0.4) is 0 Å². The van der Waals surface area contributed by atoms with Crippen molar-refractivity contribution in [2.75, 3.05) is 12.4 Å². The largest absolute Gasteiger partial charge is 0.322 e. The summed E-state index contributed by atoms with van der Waals surface area (Å²) in [5, 5.41) is 2.29. The maximum absolute atomic E-state index is 13.3. The molecule has 18 heavy (non-hydrogen) atoms. The molecule has 1 unspecified atom stereocenters. The van der Waals surface area contributed by atoms with E-state index < -0.39 is 28.0 Å². The zero-order valence-electron chi connectivity index (χ0n) is 9.90. The van der Waals surface area contributed by atoms with Gasteiger partial charge in [0, 0.05) is 7.05 Å². The summed E-state index contributed by atoms with van der Waals surface area (Å²) in [7, 11) is -2.51. The minimum Gasteiger partial charge on any atom is -0.322 e. The second-order valence-electron chi connectivity index (χ2n) is 3.52. The van der Waals surface area contributed by atoms with Crippen LogP contribution < -0.4 is 14.8 Å². The fourth-order valence-corrected chi connectivity index (χ4v) is 1.84. The molecule has 1 atom stereocenters. The SMILES string of the molecule is CNS(=O)(=O)NC(C)C(=O)Nc1ccccc1F. The summed E-state index contributed by atoms with van der Waals surface area (Å²) in [6.45, 7) is 1.35. The summed E-state index contributed by atoms with van der Waals surface area (Å²) in [6, 6.07) is 4.59. The van der Waals surface area contributed by atoms with Crippen LogP contribution >= 0.6 is 0 Å². The first-order valence-corrected chi connectivity index (χ1v) is 6.60. The molecular formula is C10H14FN3O3S. The highest BCUT2D eigenvalue weighted by atomic mass is 32.2. The van der Waals surface area contributed by atoms with Gasteiger partial charge in [0.1, 0.15) is 5.82 Å². The molecule has 100 valence electrons. The van der Waals surface area contributed by atoms with Gasteiger partial charge < -0.3 is 5.32 Å². The Morgan fingerprint density at radius 3 is 2.50 bits per heavy atom. The highest BCUT2D eigenvalue weighted by Crippen LogP contribution is 2.12. The van der Waals surface area contributed by atoms with Gasteiger partial charge in [0.05, 0.1) is 11.7 Å². The van der Waals surface area contributed by atoms with Crippen LogP contribution in [0.1, 0.15) is 6.92 Å². The van der Waals surface area contributed by atoms with Crippen LogP contribution in [-0.2, 0) is 15.0 Å². The van der Waals surface area contributed by atoms with E-state index in [2.05, 4.69) is 10.0 Å². The van der Waals surface area contributed by atoms with Crippen LogP contribution in [0.4, 0.5) is 10.1 Å². The number of halogens is 1. The van der Waals surface area contributed by atoms with Crippen LogP contribution in [-0.4, -0.2) is 27.4 Å². The summed E-state index contributed by atoms with van der Waals surface area (Å²) >= 11 is 0. The molecule has 8 heteroatoms. The molecule has 1 amide bonds. The third kappa shape index (κ3) is 4.06. The fraction of sp³-hybridized carbons (Fsp3) is 0.300. The quantitative estimate of drug-likeness (QED) is 0.717. The predicted molar refractivity (Wildman–Crippen MR) is 65.6 cm³/mol. The first kappa shape index (κ1) is 14.6. The molecule has 0 heterocycles. The highest BCUT2D eigenvalue weighted by molar-refractivity contribution is 7.87. The van der Waals surface area contributed by atoms with E-state index in [4.69, 9.17) is 0 Å². The van der Waals surface area contributed by atoms with Crippen molar-refractivity contribution in [2.24, 2.45) is 0 Å². The van der Waals surface area contributed by atoms with E-state index in [0.29, 0.717) is 0 Å². The zero-order chi connectivity index (χ0) is 13.8. The molecule has 0 spiro atoms. The first-order chi connectivity index (χ1) is 8.35. The van der Waals surface area contributed by atoms with Gasteiger partial charge in [-0.2, -0.15) is 13.1 Å². The van der Waals surface area contributed by atoms with E-state index in [0.717, 1.165) is 0 Å². The van der Waals surface area contributed by atoms with E-state index in [-0.39, 0.29) is 5.69 Å².